The molecule has 0 spiro atoms. The molecule has 19 heavy (non-hydrogen) atoms. The van der Waals surface area contributed by atoms with Gasteiger partial charge in [-0.25, -0.2) is 0 Å². The summed E-state index contributed by atoms with van der Waals surface area (Å²) in [5.41, 5.74) is 4.61. The van der Waals surface area contributed by atoms with Crippen LogP contribution in [0.3, 0.4) is 0 Å². The molecule has 1 heterocycles. The maximum atomic E-state index is 12.4. The highest BCUT2D eigenvalue weighted by Crippen LogP contribution is 2.23. The minimum absolute atomic E-state index is 0.0610. The van der Waals surface area contributed by atoms with Gasteiger partial charge in [-0.1, -0.05) is 12.1 Å². The Kier molecular flexibility index (Phi) is 5.60. The normalized spacial score (nSPS) is 21.5. The molecule has 1 rings (SSSR count). The van der Waals surface area contributed by atoms with Crippen LogP contribution >= 0.6 is 0 Å². The van der Waals surface area contributed by atoms with Crippen molar-refractivity contribution in [1.29, 1.82) is 0 Å². The Balaban J connectivity index is 2.66. The number of piperidine rings is 1. The fourth-order valence-corrected chi connectivity index (χ4v) is 2.17. The van der Waals surface area contributed by atoms with Crippen molar-refractivity contribution in [1.82, 2.24) is 4.90 Å². The predicted molar refractivity (Wildman–Crippen MR) is 73.0 cm³/mol. The number of amidine groups is 1. The van der Waals surface area contributed by atoms with Crippen LogP contribution in [-0.2, 0) is 9.53 Å². The second-order valence-electron chi connectivity index (χ2n) is 5.50. The van der Waals surface area contributed by atoms with Crippen molar-refractivity contribution in [3.63, 3.8) is 0 Å². The number of nitrogens with zero attached hydrogens (tertiary/aromatic N) is 2. The lowest BCUT2D eigenvalue weighted by atomic mass is 9.89. The van der Waals surface area contributed by atoms with Gasteiger partial charge in [0.05, 0.1) is 6.10 Å². The second kappa shape index (κ2) is 6.75. The molecular weight excluding hydrogens is 246 g/mol. The Bertz CT molecular complexity index is 342. The summed E-state index contributed by atoms with van der Waals surface area (Å²) >= 11 is 0. The Morgan fingerprint density at radius 2 is 2.26 bits per heavy atom. The van der Waals surface area contributed by atoms with Crippen molar-refractivity contribution < 1.29 is 14.7 Å². The van der Waals surface area contributed by atoms with E-state index in [-0.39, 0.29) is 17.8 Å². The molecule has 1 amide bonds. The first-order valence-electron chi connectivity index (χ1n) is 6.82. The highest BCUT2D eigenvalue weighted by Gasteiger charge is 2.38. The molecule has 1 fully saturated rings. The zero-order valence-corrected chi connectivity index (χ0v) is 12.1. The van der Waals surface area contributed by atoms with Gasteiger partial charge >= 0.3 is 0 Å². The summed E-state index contributed by atoms with van der Waals surface area (Å²) in [6, 6.07) is 0. The van der Waals surface area contributed by atoms with Crippen molar-refractivity contribution in [2.45, 2.75) is 46.1 Å². The fourth-order valence-electron chi connectivity index (χ4n) is 2.17. The van der Waals surface area contributed by atoms with E-state index >= 15 is 0 Å². The minimum Gasteiger partial charge on any atom is -0.409 e. The number of nitrogens with two attached hydrogens (primary N) is 1. The largest absolute Gasteiger partial charge is 0.409 e. The number of ether oxygens (including phenoxy) is 1. The molecule has 0 aliphatic carbocycles. The van der Waals surface area contributed by atoms with E-state index in [2.05, 4.69) is 12.1 Å². The average Bonchev–Trinajstić information content (AvgIpc) is 2.43. The number of hydrogen-bond acceptors (Lipinski definition) is 4. The molecule has 0 aromatic heterocycles. The molecular formula is C13H25N3O3. The Morgan fingerprint density at radius 1 is 1.58 bits per heavy atom. The summed E-state index contributed by atoms with van der Waals surface area (Å²) in [6.07, 6.45) is 2.97. The predicted octanol–water partition coefficient (Wildman–Crippen LogP) is 1.18. The van der Waals surface area contributed by atoms with Gasteiger partial charge < -0.3 is 20.6 Å². The first kappa shape index (κ1) is 15.8. The van der Waals surface area contributed by atoms with E-state index in [0.717, 1.165) is 25.9 Å². The Labute approximate surface area is 114 Å². The summed E-state index contributed by atoms with van der Waals surface area (Å²) in [6.45, 7) is 7.40. The smallest absolute Gasteiger partial charge is 0.236 e. The zero-order valence-electron chi connectivity index (χ0n) is 12.1. The molecule has 1 aliphatic rings. The third-order valence-electron chi connectivity index (χ3n) is 3.51. The third kappa shape index (κ3) is 3.83. The van der Waals surface area contributed by atoms with Crippen LogP contribution < -0.4 is 5.73 Å². The molecule has 0 aromatic carbocycles. The van der Waals surface area contributed by atoms with Crippen LogP contribution in [0.15, 0.2) is 5.16 Å². The molecule has 1 aliphatic heterocycles. The monoisotopic (exact) mass is 271 g/mol. The fraction of sp³-hybridized carbons (Fsp3) is 0.846. The van der Waals surface area contributed by atoms with Gasteiger partial charge in [-0.05, 0) is 33.1 Å². The highest BCUT2D eigenvalue weighted by molar-refractivity contribution is 6.05. The molecule has 6 nitrogen and oxygen atoms in total. The molecule has 3 N–H and O–H groups in total. The van der Waals surface area contributed by atoms with E-state index < -0.39 is 5.41 Å². The van der Waals surface area contributed by atoms with Gasteiger partial charge in [-0.3, -0.25) is 4.79 Å². The third-order valence-corrected chi connectivity index (χ3v) is 3.51. The second-order valence-corrected chi connectivity index (χ2v) is 5.50. The Hall–Kier alpha value is -1.30. The van der Waals surface area contributed by atoms with Crippen LogP contribution in [-0.4, -0.2) is 47.7 Å². The Morgan fingerprint density at radius 3 is 2.84 bits per heavy atom. The van der Waals surface area contributed by atoms with Gasteiger partial charge in [-0.2, -0.15) is 0 Å². The van der Waals surface area contributed by atoms with Crippen molar-refractivity contribution in [3.8, 4) is 0 Å². The van der Waals surface area contributed by atoms with E-state index in [1.165, 1.54) is 0 Å². The molecule has 6 heteroatoms. The van der Waals surface area contributed by atoms with E-state index in [1.807, 2.05) is 0 Å². The molecule has 0 bridgehead atoms. The highest BCUT2D eigenvalue weighted by atomic mass is 16.5. The number of oxime groups is 1. The maximum Gasteiger partial charge on any atom is 0.236 e. The van der Waals surface area contributed by atoms with Crippen LogP contribution in [0.25, 0.3) is 0 Å². The molecule has 1 atom stereocenters. The van der Waals surface area contributed by atoms with Crippen LogP contribution in [0.4, 0.5) is 0 Å². The van der Waals surface area contributed by atoms with Crippen LogP contribution in [0.2, 0.25) is 0 Å². The molecule has 0 saturated carbocycles. The maximum absolute atomic E-state index is 12.4. The van der Waals surface area contributed by atoms with Crippen molar-refractivity contribution in [3.05, 3.63) is 0 Å². The summed E-state index contributed by atoms with van der Waals surface area (Å²) in [7, 11) is 0. The van der Waals surface area contributed by atoms with Crippen molar-refractivity contribution in [2.24, 2.45) is 16.3 Å². The summed E-state index contributed by atoms with van der Waals surface area (Å²) in [5.74, 6) is -0.179. The lowest BCUT2D eigenvalue weighted by Gasteiger charge is -2.37. The number of hydrogen-bond donors (Lipinski definition) is 2. The lowest BCUT2D eigenvalue weighted by Crippen LogP contribution is -2.52. The van der Waals surface area contributed by atoms with Crippen LogP contribution in [0.5, 0.6) is 0 Å². The number of rotatable bonds is 5. The average molecular weight is 271 g/mol. The van der Waals surface area contributed by atoms with Crippen LogP contribution in [0, 0.1) is 5.41 Å². The SMILES string of the molecule is CCCOC1CCCN(C(=O)C(C)(C)C(N)=NO)C1. The summed E-state index contributed by atoms with van der Waals surface area (Å²) in [5, 5.41) is 11.7. The number of carbonyl (C=O) groups excluding carboxylic acids is 1. The van der Waals surface area contributed by atoms with Crippen LogP contribution in [0.1, 0.15) is 40.0 Å². The van der Waals surface area contributed by atoms with E-state index in [1.54, 1.807) is 18.7 Å². The molecule has 1 saturated heterocycles. The van der Waals surface area contributed by atoms with Gasteiger partial charge in [-0.15, -0.1) is 0 Å². The van der Waals surface area contributed by atoms with E-state index in [9.17, 15) is 4.79 Å². The van der Waals surface area contributed by atoms with Gasteiger partial charge in [0.2, 0.25) is 5.91 Å². The summed E-state index contributed by atoms with van der Waals surface area (Å²) in [4.78, 5) is 14.2. The molecule has 0 radical (unpaired) electrons. The van der Waals surface area contributed by atoms with Crippen molar-refractivity contribution >= 4 is 11.7 Å². The van der Waals surface area contributed by atoms with Gasteiger partial charge in [0, 0.05) is 19.7 Å². The number of likely N-dealkylation sites (tertiary alicyclic amines) is 1. The molecule has 1 unspecified atom stereocenters. The number of amides is 1. The number of carbonyl (C=O) groups is 1. The minimum atomic E-state index is -0.985. The quantitative estimate of drug-likeness (QED) is 0.340. The van der Waals surface area contributed by atoms with E-state index in [0.29, 0.717) is 13.1 Å². The first-order valence-corrected chi connectivity index (χ1v) is 6.82. The molecule has 110 valence electrons. The first-order chi connectivity index (χ1) is 8.93. The van der Waals surface area contributed by atoms with Gasteiger partial charge in [0.15, 0.2) is 5.84 Å². The zero-order chi connectivity index (χ0) is 14.5. The van der Waals surface area contributed by atoms with Gasteiger partial charge in [0.1, 0.15) is 5.41 Å². The lowest BCUT2D eigenvalue weighted by molar-refractivity contribution is -0.141. The molecule has 0 aromatic rings. The standard InChI is InChI=1S/C13H25N3O3/c1-4-8-19-10-6-5-7-16(9-10)12(17)13(2,3)11(14)15-18/h10,18H,4-9H2,1-3H3,(H2,14,15). The topological polar surface area (TPSA) is 88.2 Å². The van der Waals surface area contributed by atoms with E-state index in [4.69, 9.17) is 15.7 Å². The summed E-state index contributed by atoms with van der Waals surface area (Å²) < 4.78 is 5.71. The van der Waals surface area contributed by atoms with Gasteiger partial charge in [0.25, 0.3) is 0 Å². The van der Waals surface area contributed by atoms with Crippen molar-refractivity contribution in [2.75, 3.05) is 19.7 Å².